The van der Waals surface area contributed by atoms with Crippen LogP contribution in [0.15, 0.2) is 51.8 Å². The van der Waals surface area contributed by atoms with Gasteiger partial charge in [-0.2, -0.15) is 0 Å². The van der Waals surface area contributed by atoms with Crippen molar-refractivity contribution in [2.24, 2.45) is 0 Å². The zero-order valence-electron chi connectivity index (χ0n) is 13.9. The Morgan fingerprint density at radius 1 is 1.21 bits per heavy atom. The lowest BCUT2D eigenvalue weighted by molar-refractivity contribution is 0.101. The van der Waals surface area contributed by atoms with Gasteiger partial charge in [-0.1, -0.05) is 0 Å². The summed E-state index contributed by atoms with van der Waals surface area (Å²) in [6.07, 6.45) is 0. The van der Waals surface area contributed by atoms with Crippen LogP contribution in [-0.2, 0) is 0 Å². The molecule has 0 atom stereocenters. The molecule has 0 saturated carbocycles. The minimum Gasteiger partial charge on any atom is -0.494 e. The average Bonchev–Trinajstić information content (AvgIpc) is 2.89. The molecule has 0 unspecified atom stereocenters. The minimum atomic E-state index is 0.0163. The highest BCUT2D eigenvalue weighted by Crippen LogP contribution is 2.30. The van der Waals surface area contributed by atoms with E-state index < -0.39 is 0 Å². The van der Waals surface area contributed by atoms with Gasteiger partial charge in [0, 0.05) is 16.0 Å². The largest absolute Gasteiger partial charge is 0.494 e. The Hall–Kier alpha value is -2.40. The standard InChI is InChI=1S/C19H19NO3S/c1-4-22-15-6-8-16(9-7-15)24-20-14-5-10-18-17(11-14)19(12(2)21)13(3)23-18/h5-11,20H,4H2,1-3H3. The molecule has 0 saturated heterocycles. The van der Waals surface area contributed by atoms with Crippen molar-refractivity contribution >= 4 is 34.4 Å². The van der Waals surface area contributed by atoms with Crippen LogP contribution in [0.1, 0.15) is 30.0 Å². The van der Waals surface area contributed by atoms with Crippen LogP contribution in [-0.4, -0.2) is 12.4 Å². The molecule has 0 fully saturated rings. The Morgan fingerprint density at radius 3 is 2.62 bits per heavy atom. The number of carbonyl (C=O) groups excluding carboxylic acids is 1. The number of aryl methyl sites for hydroxylation is 1. The molecule has 1 heterocycles. The van der Waals surface area contributed by atoms with E-state index in [4.69, 9.17) is 9.15 Å². The molecule has 0 bridgehead atoms. The number of hydrogen-bond acceptors (Lipinski definition) is 5. The fourth-order valence-corrected chi connectivity index (χ4v) is 3.24. The Balaban J connectivity index is 1.77. The van der Waals surface area contributed by atoms with E-state index in [0.29, 0.717) is 17.9 Å². The first-order valence-corrected chi connectivity index (χ1v) is 8.60. The SMILES string of the molecule is CCOc1ccc(SNc2ccc3oc(C)c(C(C)=O)c3c2)cc1. The van der Waals surface area contributed by atoms with Crippen molar-refractivity contribution in [3.8, 4) is 5.75 Å². The minimum absolute atomic E-state index is 0.0163. The van der Waals surface area contributed by atoms with Gasteiger partial charge in [-0.25, -0.2) is 0 Å². The number of furan rings is 1. The van der Waals surface area contributed by atoms with E-state index >= 15 is 0 Å². The molecule has 3 rings (SSSR count). The van der Waals surface area contributed by atoms with Gasteiger partial charge in [0.15, 0.2) is 5.78 Å². The highest BCUT2D eigenvalue weighted by molar-refractivity contribution is 8.00. The predicted octanol–water partition coefficient (Wildman–Crippen LogP) is 5.46. The number of hydrogen-bond donors (Lipinski definition) is 1. The molecule has 124 valence electrons. The fraction of sp³-hybridized carbons (Fsp3) is 0.211. The van der Waals surface area contributed by atoms with Gasteiger partial charge < -0.3 is 13.9 Å². The number of Topliss-reactive ketones (excluding diaryl/α,β-unsaturated/α-hetero) is 1. The van der Waals surface area contributed by atoms with Crippen LogP contribution in [0.2, 0.25) is 0 Å². The number of anilines is 1. The van der Waals surface area contributed by atoms with E-state index in [-0.39, 0.29) is 5.78 Å². The van der Waals surface area contributed by atoms with Crippen molar-refractivity contribution in [2.45, 2.75) is 25.7 Å². The number of rotatable bonds is 6. The van der Waals surface area contributed by atoms with Gasteiger partial charge in [-0.05, 0) is 75.2 Å². The summed E-state index contributed by atoms with van der Waals surface area (Å²) >= 11 is 1.51. The third-order valence-electron chi connectivity index (χ3n) is 3.64. The van der Waals surface area contributed by atoms with E-state index in [1.807, 2.05) is 56.3 Å². The second-order valence-corrected chi connectivity index (χ2v) is 6.29. The van der Waals surface area contributed by atoms with E-state index in [9.17, 15) is 4.79 Å². The Kier molecular flexibility index (Phi) is 4.81. The van der Waals surface area contributed by atoms with Crippen molar-refractivity contribution in [2.75, 3.05) is 11.3 Å². The van der Waals surface area contributed by atoms with Gasteiger partial charge in [-0.3, -0.25) is 4.79 Å². The van der Waals surface area contributed by atoms with Crippen LogP contribution < -0.4 is 9.46 Å². The predicted molar refractivity (Wildman–Crippen MR) is 98.0 cm³/mol. The molecule has 0 amide bonds. The van der Waals surface area contributed by atoms with Crippen LogP contribution >= 0.6 is 11.9 Å². The normalized spacial score (nSPS) is 10.8. The van der Waals surface area contributed by atoms with Gasteiger partial charge in [0.25, 0.3) is 0 Å². The van der Waals surface area contributed by atoms with Gasteiger partial charge in [0.2, 0.25) is 0 Å². The van der Waals surface area contributed by atoms with Crippen LogP contribution in [0.5, 0.6) is 5.75 Å². The molecule has 0 spiro atoms. The maximum atomic E-state index is 11.8. The van der Waals surface area contributed by atoms with Crippen LogP contribution in [0.4, 0.5) is 5.69 Å². The number of ketones is 1. The summed E-state index contributed by atoms with van der Waals surface area (Å²) in [5.74, 6) is 1.54. The molecular formula is C19H19NO3S. The fourth-order valence-electron chi connectivity index (χ4n) is 2.61. The number of nitrogens with one attached hydrogen (secondary N) is 1. The van der Waals surface area contributed by atoms with Gasteiger partial charge >= 0.3 is 0 Å². The van der Waals surface area contributed by atoms with E-state index in [1.165, 1.54) is 11.9 Å². The van der Waals surface area contributed by atoms with Crippen molar-refractivity contribution in [1.82, 2.24) is 0 Å². The first-order valence-electron chi connectivity index (χ1n) is 7.78. The highest BCUT2D eigenvalue weighted by atomic mass is 32.2. The molecule has 3 aromatic rings. The second kappa shape index (κ2) is 7.01. The summed E-state index contributed by atoms with van der Waals surface area (Å²) in [6.45, 7) is 6.01. The molecule has 0 aliphatic rings. The zero-order valence-corrected chi connectivity index (χ0v) is 14.7. The average molecular weight is 341 g/mol. The van der Waals surface area contributed by atoms with E-state index in [2.05, 4.69) is 4.72 Å². The first kappa shape index (κ1) is 16.5. The van der Waals surface area contributed by atoms with Gasteiger partial charge in [0.1, 0.15) is 17.1 Å². The molecule has 1 aromatic heterocycles. The lowest BCUT2D eigenvalue weighted by Crippen LogP contribution is -1.93. The second-order valence-electron chi connectivity index (χ2n) is 5.41. The lowest BCUT2D eigenvalue weighted by Gasteiger charge is -2.07. The summed E-state index contributed by atoms with van der Waals surface area (Å²) in [4.78, 5) is 12.9. The van der Waals surface area contributed by atoms with Crippen molar-refractivity contribution in [1.29, 1.82) is 0 Å². The third kappa shape index (κ3) is 3.41. The molecule has 5 heteroatoms. The molecule has 0 aliphatic heterocycles. The Labute approximate surface area is 145 Å². The summed E-state index contributed by atoms with van der Waals surface area (Å²) in [5, 5.41) is 0.845. The molecule has 0 radical (unpaired) electrons. The monoisotopic (exact) mass is 341 g/mol. The number of benzene rings is 2. The van der Waals surface area contributed by atoms with E-state index in [1.54, 1.807) is 6.92 Å². The molecule has 1 N–H and O–H groups in total. The third-order valence-corrected chi connectivity index (χ3v) is 4.48. The first-order chi connectivity index (χ1) is 11.6. The van der Waals surface area contributed by atoms with Crippen LogP contribution in [0, 0.1) is 6.92 Å². The number of ether oxygens (including phenoxy) is 1. The van der Waals surface area contributed by atoms with Crippen molar-refractivity contribution in [3.05, 3.63) is 53.8 Å². The van der Waals surface area contributed by atoms with Gasteiger partial charge in [0.05, 0.1) is 12.2 Å². The van der Waals surface area contributed by atoms with Crippen molar-refractivity contribution in [3.63, 3.8) is 0 Å². The zero-order chi connectivity index (χ0) is 17.1. The summed E-state index contributed by atoms with van der Waals surface area (Å²) in [6, 6.07) is 13.7. The maximum Gasteiger partial charge on any atom is 0.163 e. The molecule has 24 heavy (non-hydrogen) atoms. The van der Waals surface area contributed by atoms with Crippen LogP contribution in [0.3, 0.4) is 0 Å². The van der Waals surface area contributed by atoms with Crippen LogP contribution in [0.25, 0.3) is 11.0 Å². The van der Waals surface area contributed by atoms with E-state index in [0.717, 1.165) is 27.3 Å². The maximum absolute atomic E-state index is 11.8. The van der Waals surface area contributed by atoms with Crippen molar-refractivity contribution < 1.29 is 13.9 Å². The number of fused-ring (bicyclic) bond motifs is 1. The smallest absolute Gasteiger partial charge is 0.163 e. The number of carbonyl (C=O) groups is 1. The van der Waals surface area contributed by atoms with Gasteiger partial charge in [-0.15, -0.1) is 0 Å². The quantitative estimate of drug-likeness (QED) is 0.476. The Bertz CT molecular complexity index is 868. The molecular weight excluding hydrogens is 322 g/mol. The summed E-state index contributed by atoms with van der Waals surface area (Å²) < 4.78 is 14.4. The molecule has 4 nitrogen and oxygen atoms in total. The summed E-state index contributed by atoms with van der Waals surface area (Å²) in [5.41, 5.74) is 2.30. The Morgan fingerprint density at radius 2 is 1.96 bits per heavy atom. The molecule has 0 aliphatic carbocycles. The molecule has 2 aromatic carbocycles. The summed E-state index contributed by atoms with van der Waals surface area (Å²) in [7, 11) is 0. The lowest BCUT2D eigenvalue weighted by atomic mass is 10.1. The highest BCUT2D eigenvalue weighted by Gasteiger charge is 2.15. The topological polar surface area (TPSA) is 51.5 Å².